The largest absolute Gasteiger partial charge is 0.239 e. The number of nitriles is 1. The van der Waals surface area contributed by atoms with Gasteiger partial charge in [-0.1, -0.05) is 0 Å². The van der Waals surface area contributed by atoms with Gasteiger partial charge in [0.25, 0.3) is 0 Å². The van der Waals surface area contributed by atoms with E-state index in [1.807, 2.05) is 13.1 Å². The van der Waals surface area contributed by atoms with Gasteiger partial charge in [0.1, 0.15) is 18.2 Å². The van der Waals surface area contributed by atoms with Gasteiger partial charge in [-0.15, -0.1) is 0 Å². The quantitative estimate of drug-likeness (QED) is 0.560. The van der Waals surface area contributed by atoms with Gasteiger partial charge in [0.15, 0.2) is 11.8 Å². The van der Waals surface area contributed by atoms with Crippen molar-refractivity contribution in [3.05, 3.63) is 18.3 Å². The van der Waals surface area contributed by atoms with Crippen LogP contribution in [0.25, 0.3) is 11.2 Å². The third kappa shape index (κ3) is 0.751. The molecule has 2 rings (SSSR count). The van der Waals surface area contributed by atoms with E-state index in [1.54, 1.807) is 0 Å². The van der Waals surface area contributed by atoms with Crippen molar-refractivity contribution < 1.29 is 0 Å². The summed E-state index contributed by atoms with van der Waals surface area (Å²) in [5.41, 5.74) is 2.03. The molecule has 0 unspecified atom stereocenters. The molecule has 0 aliphatic rings. The fraction of sp³-hybridized carbons (Fsp3) is 0.143. The molecular weight excluding hydrogens is 154 g/mol. The van der Waals surface area contributed by atoms with Gasteiger partial charge in [0.2, 0.25) is 0 Å². The molecule has 0 aliphatic carbocycles. The van der Waals surface area contributed by atoms with Gasteiger partial charge in [-0.2, -0.15) is 5.26 Å². The number of hydrogen-bond acceptors (Lipinski definition) is 4. The molecular formula is C7H5N5. The van der Waals surface area contributed by atoms with Gasteiger partial charge >= 0.3 is 0 Å². The maximum absolute atomic E-state index is 8.63. The molecule has 0 aliphatic heterocycles. The van der Waals surface area contributed by atoms with Crippen LogP contribution in [0.2, 0.25) is 0 Å². The highest BCUT2D eigenvalue weighted by Crippen LogP contribution is 2.09. The van der Waals surface area contributed by atoms with Crippen LogP contribution < -0.4 is 0 Å². The second-order valence-electron chi connectivity index (χ2n) is 2.35. The molecule has 0 amide bonds. The zero-order valence-corrected chi connectivity index (χ0v) is 6.39. The molecule has 0 fully saturated rings. The van der Waals surface area contributed by atoms with Crippen LogP contribution in [-0.2, 0) is 0 Å². The van der Waals surface area contributed by atoms with Crippen molar-refractivity contribution in [3.8, 4) is 6.19 Å². The second-order valence-corrected chi connectivity index (χ2v) is 2.35. The molecule has 0 aromatic carbocycles. The Labute approximate surface area is 68.3 Å². The Morgan fingerprint density at radius 2 is 2.25 bits per heavy atom. The van der Waals surface area contributed by atoms with Crippen molar-refractivity contribution in [2.24, 2.45) is 0 Å². The Bertz CT molecular complexity index is 464. The normalized spacial score (nSPS) is 10.0. The zero-order chi connectivity index (χ0) is 8.55. The standard InChI is InChI=1S/C7H5N5/c1-5-6-7(10-3-9-5)12(2-8)4-11-6/h3-4H,1H3. The molecule has 2 aromatic rings. The summed E-state index contributed by atoms with van der Waals surface area (Å²) in [4.78, 5) is 11.9. The minimum Gasteiger partial charge on any atom is -0.239 e. The minimum absolute atomic E-state index is 0.560. The smallest absolute Gasteiger partial charge is 0.191 e. The number of rotatable bonds is 0. The average Bonchev–Trinajstić information content (AvgIpc) is 2.49. The molecule has 2 aromatic heterocycles. The summed E-state index contributed by atoms with van der Waals surface area (Å²) in [6.07, 6.45) is 4.80. The first kappa shape index (κ1) is 6.73. The van der Waals surface area contributed by atoms with E-state index in [0.29, 0.717) is 11.2 Å². The maximum atomic E-state index is 8.63. The molecule has 0 bridgehead atoms. The van der Waals surface area contributed by atoms with E-state index < -0.39 is 0 Å². The molecule has 0 N–H and O–H groups in total. The number of aromatic nitrogens is 4. The molecule has 0 atom stereocenters. The number of aryl methyl sites for hydroxylation is 1. The highest BCUT2D eigenvalue weighted by molar-refractivity contribution is 5.73. The monoisotopic (exact) mass is 159 g/mol. The zero-order valence-electron chi connectivity index (χ0n) is 6.39. The topological polar surface area (TPSA) is 67.4 Å². The van der Waals surface area contributed by atoms with Gasteiger partial charge in [0.05, 0.1) is 5.69 Å². The van der Waals surface area contributed by atoms with E-state index in [1.165, 1.54) is 17.2 Å². The summed E-state index contributed by atoms with van der Waals surface area (Å²) >= 11 is 0. The van der Waals surface area contributed by atoms with Gasteiger partial charge in [-0.05, 0) is 6.92 Å². The number of nitrogens with zero attached hydrogens (tertiary/aromatic N) is 5. The maximum Gasteiger partial charge on any atom is 0.191 e. The van der Waals surface area contributed by atoms with Crippen molar-refractivity contribution in [1.82, 2.24) is 19.5 Å². The van der Waals surface area contributed by atoms with Crippen LogP contribution in [0.4, 0.5) is 0 Å². The van der Waals surface area contributed by atoms with Crippen LogP contribution in [-0.4, -0.2) is 19.5 Å². The number of hydrogen-bond donors (Lipinski definition) is 0. The van der Waals surface area contributed by atoms with Crippen molar-refractivity contribution >= 4 is 11.2 Å². The van der Waals surface area contributed by atoms with Crippen LogP contribution in [0.1, 0.15) is 5.69 Å². The summed E-state index contributed by atoms with van der Waals surface area (Å²) in [6, 6.07) is 0. The number of imidazole rings is 1. The molecule has 58 valence electrons. The Morgan fingerprint density at radius 3 is 3.00 bits per heavy atom. The van der Waals surface area contributed by atoms with Crippen LogP contribution >= 0.6 is 0 Å². The average molecular weight is 159 g/mol. The molecule has 0 spiro atoms. The van der Waals surface area contributed by atoms with Crippen molar-refractivity contribution in [2.45, 2.75) is 6.92 Å². The van der Waals surface area contributed by atoms with Gasteiger partial charge in [-0.25, -0.2) is 19.5 Å². The predicted molar refractivity (Wildman–Crippen MR) is 41.1 cm³/mol. The highest BCUT2D eigenvalue weighted by Gasteiger charge is 2.04. The predicted octanol–water partition coefficient (Wildman–Crippen LogP) is 0.464. The Balaban J connectivity index is 2.91. The molecule has 0 saturated carbocycles. The van der Waals surface area contributed by atoms with E-state index in [0.717, 1.165) is 5.69 Å². The summed E-state index contributed by atoms with van der Waals surface area (Å²) in [5.74, 6) is 0. The SMILES string of the molecule is Cc1ncnc2c1ncn2C#N. The summed E-state index contributed by atoms with van der Waals surface area (Å²) in [5, 5.41) is 8.63. The van der Waals surface area contributed by atoms with Crippen molar-refractivity contribution in [1.29, 1.82) is 5.26 Å². The van der Waals surface area contributed by atoms with E-state index >= 15 is 0 Å². The lowest BCUT2D eigenvalue weighted by Gasteiger charge is -1.91. The summed E-state index contributed by atoms with van der Waals surface area (Å²) in [6.45, 7) is 1.83. The lowest BCUT2D eigenvalue weighted by molar-refractivity contribution is 1.07. The highest BCUT2D eigenvalue weighted by atomic mass is 15.1. The van der Waals surface area contributed by atoms with Crippen LogP contribution in [0.3, 0.4) is 0 Å². The summed E-state index contributed by atoms with van der Waals surface area (Å²) < 4.78 is 1.31. The van der Waals surface area contributed by atoms with E-state index in [4.69, 9.17) is 5.26 Å². The van der Waals surface area contributed by atoms with Gasteiger partial charge in [0, 0.05) is 0 Å². The van der Waals surface area contributed by atoms with Gasteiger partial charge < -0.3 is 0 Å². The molecule has 0 saturated heterocycles. The van der Waals surface area contributed by atoms with Crippen LogP contribution in [0.15, 0.2) is 12.7 Å². The Kier molecular flexibility index (Phi) is 1.27. The van der Waals surface area contributed by atoms with Crippen LogP contribution in [0, 0.1) is 18.4 Å². The van der Waals surface area contributed by atoms with Crippen LogP contribution in [0.5, 0.6) is 0 Å². The van der Waals surface area contributed by atoms with E-state index in [2.05, 4.69) is 15.0 Å². The van der Waals surface area contributed by atoms with E-state index in [-0.39, 0.29) is 0 Å². The molecule has 0 radical (unpaired) electrons. The van der Waals surface area contributed by atoms with Gasteiger partial charge in [-0.3, -0.25) is 0 Å². The van der Waals surface area contributed by atoms with Crippen molar-refractivity contribution in [2.75, 3.05) is 0 Å². The second kappa shape index (κ2) is 2.27. The first-order valence-corrected chi connectivity index (χ1v) is 3.37. The number of fused-ring (bicyclic) bond motifs is 1. The third-order valence-corrected chi connectivity index (χ3v) is 1.62. The first-order valence-electron chi connectivity index (χ1n) is 3.37. The molecule has 2 heterocycles. The third-order valence-electron chi connectivity index (χ3n) is 1.62. The first-order chi connectivity index (χ1) is 5.83. The lowest BCUT2D eigenvalue weighted by atomic mass is 10.4. The summed E-state index contributed by atoms with van der Waals surface area (Å²) in [7, 11) is 0. The Morgan fingerprint density at radius 1 is 1.42 bits per heavy atom. The van der Waals surface area contributed by atoms with Crippen molar-refractivity contribution in [3.63, 3.8) is 0 Å². The Hall–Kier alpha value is -1.96. The lowest BCUT2D eigenvalue weighted by Crippen LogP contribution is -1.90. The minimum atomic E-state index is 0.560. The molecule has 5 nitrogen and oxygen atoms in total. The van der Waals surface area contributed by atoms with E-state index in [9.17, 15) is 0 Å². The molecule has 12 heavy (non-hydrogen) atoms. The fourth-order valence-corrected chi connectivity index (χ4v) is 1.03. The fourth-order valence-electron chi connectivity index (χ4n) is 1.03. The molecule has 5 heteroatoms.